The average Bonchev–Trinajstić information content (AvgIpc) is 3.08. The molecule has 3 aromatic rings. The predicted molar refractivity (Wildman–Crippen MR) is 109 cm³/mol. The molecule has 1 aliphatic rings. The highest BCUT2D eigenvalue weighted by Crippen LogP contribution is 2.39. The summed E-state index contributed by atoms with van der Waals surface area (Å²) in [4.78, 5) is 27.6. The van der Waals surface area contributed by atoms with Crippen LogP contribution < -0.4 is 0 Å². The van der Waals surface area contributed by atoms with Crippen LogP contribution in [0.4, 0.5) is 0 Å². The van der Waals surface area contributed by atoms with Crippen molar-refractivity contribution in [2.45, 2.75) is 25.3 Å². The molecule has 0 N–H and O–H groups in total. The second-order valence-electron chi connectivity index (χ2n) is 7.29. The van der Waals surface area contributed by atoms with Gasteiger partial charge in [-0.1, -0.05) is 30.3 Å². The van der Waals surface area contributed by atoms with Gasteiger partial charge in [-0.3, -0.25) is 14.7 Å². The van der Waals surface area contributed by atoms with E-state index in [1.165, 1.54) is 16.9 Å². The Bertz CT molecular complexity index is 930. The summed E-state index contributed by atoms with van der Waals surface area (Å²) in [5, 5.41) is 0. The molecular formula is C21H24N4OS. The van der Waals surface area contributed by atoms with E-state index in [1.54, 1.807) is 31.4 Å². The summed E-state index contributed by atoms with van der Waals surface area (Å²) in [5.74, 6) is 0.419. The van der Waals surface area contributed by atoms with Crippen LogP contribution in [0.25, 0.3) is 10.3 Å². The Morgan fingerprint density at radius 3 is 2.56 bits per heavy atom. The fraction of sp³-hybridized carbons (Fsp3) is 0.381. The second-order valence-corrected chi connectivity index (χ2v) is 8.29. The summed E-state index contributed by atoms with van der Waals surface area (Å²) in [6.45, 7) is 3.06. The Kier molecular flexibility index (Phi) is 5.18. The van der Waals surface area contributed by atoms with Crippen LogP contribution in [0.2, 0.25) is 0 Å². The predicted octanol–water partition coefficient (Wildman–Crippen LogP) is 3.77. The number of likely N-dealkylation sites (tertiary alicyclic amines) is 1. The van der Waals surface area contributed by atoms with Crippen molar-refractivity contribution in [2.24, 2.45) is 0 Å². The van der Waals surface area contributed by atoms with Crippen molar-refractivity contribution < 1.29 is 4.79 Å². The number of benzene rings is 1. The molecule has 1 amide bonds. The highest BCUT2D eigenvalue weighted by molar-refractivity contribution is 7.20. The van der Waals surface area contributed by atoms with Gasteiger partial charge in [-0.05, 0) is 37.4 Å². The summed E-state index contributed by atoms with van der Waals surface area (Å²) in [5.41, 5.74) is 3.38. The van der Waals surface area contributed by atoms with Gasteiger partial charge < -0.3 is 4.90 Å². The van der Waals surface area contributed by atoms with E-state index < -0.39 is 0 Å². The molecule has 5 nitrogen and oxygen atoms in total. The van der Waals surface area contributed by atoms with E-state index in [9.17, 15) is 4.79 Å². The smallest absolute Gasteiger partial charge is 0.263 e. The van der Waals surface area contributed by atoms with Gasteiger partial charge in [0.25, 0.3) is 5.91 Å². The first-order valence-corrected chi connectivity index (χ1v) is 10.2. The first-order chi connectivity index (χ1) is 13.1. The number of aromatic nitrogens is 2. The Balaban J connectivity index is 1.56. The highest BCUT2D eigenvalue weighted by Gasteiger charge is 2.30. The molecule has 6 heteroatoms. The number of amides is 1. The summed E-state index contributed by atoms with van der Waals surface area (Å²) in [6, 6.07) is 10.6. The highest BCUT2D eigenvalue weighted by atomic mass is 32.1. The van der Waals surface area contributed by atoms with Crippen LogP contribution in [0.5, 0.6) is 0 Å². The van der Waals surface area contributed by atoms with Crippen molar-refractivity contribution in [1.29, 1.82) is 0 Å². The molecule has 3 heterocycles. The normalized spacial score (nSPS) is 15.9. The number of piperidine rings is 1. The molecule has 1 aliphatic heterocycles. The van der Waals surface area contributed by atoms with Gasteiger partial charge in [-0.2, -0.15) is 0 Å². The molecule has 0 atom stereocenters. The zero-order chi connectivity index (χ0) is 18.8. The van der Waals surface area contributed by atoms with Crippen molar-refractivity contribution >= 4 is 27.6 Å². The van der Waals surface area contributed by atoms with Gasteiger partial charge in [0.05, 0.1) is 4.88 Å². The maximum atomic E-state index is 12.8. The first kappa shape index (κ1) is 18.1. The molecule has 0 unspecified atom stereocenters. The molecule has 140 valence electrons. The van der Waals surface area contributed by atoms with Crippen molar-refractivity contribution in [3.8, 4) is 0 Å². The van der Waals surface area contributed by atoms with Crippen molar-refractivity contribution in [2.75, 3.05) is 27.2 Å². The van der Waals surface area contributed by atoms with Gasteiger partial charge in [-0.15, -0.1) is 11.3 Å². The fourth-order valence-electron chi connectivity index (χ4n) is 3.81. The van der Waals surface area contributed by atoms with Crippen LogP contribution in [0.15, 0.2) is 42.7 Å². The van der Waals surface area contributed by atoms with Crippen molar-refractivity contribution in [1.82, 2.24) is 19.8 Å². The van der Waals surface area contributed by atoms with E-state index in [-0.39, 0.29) is 5.91 Å². The number of rotatable bonds is 4. The molecule has 2 aromatic heterocycles. The standard InChI is InChI=1S/C21H24N4OS/c1-24(2)21(26)19-17(18-20(27-19)23-11-10-22-18)16-8-12-25(13-9-16)14-15-6-4-3-5-7-15/h3-7,10-11,16H,8-9,12-14H2,1-2H3. The molecule has 0 radical (unpaired) electrons. The molecule has 4 rings (SSSR count). The molecule has 0 bridgehead atoms. The number of nitrogens with zero attached hydrogens (tertiary/aromatic N) is 4. The lowest BCUT2D eigenvalue weighted by Crippen LogP contribution is -2.33. The van der Waals surface area contributed by atoms with E-state index in [1.807, 2.05) is 0 Å². The molecule has 27 heavy (non-hydrogen) atoms. The summed E-state index contributed by atoms with van der Waals surface area (Å²) >= 11 is 1.48. The maximum absolute atomic E-state index is 12.8. The largest absolute Gasteiger partial charge is 0.344 e. The van der Waals surface area contributed by atoms with Crippen LogP contribution in [-0.2, 0) is 6.54 Å². The molecule has 0 saturated carbocycles. The van der Waals surface area contributed by atoms with E-state index in [0.717, 1.165) is 53.3 Å². The number of hydrogen-bond donors (Lipinski definition) is 0. The van der Waals surface area contributed by atoms with E-state index in [2.05, 4.69) is 45.2 Å². The van der Waals surface area contributed by atoms with Gasteiger partial charge in [0, 0.05) is 38.6 Å². The van der Waals surface area contributed by atoms with Gasteiger partial charge in [0.15, 0.2) is 0 Å². The minimum absolute atomic E-state index is 0.0570. The number of hydrogen-bond acceptors (Lipinski definition) is 5. The first-order valence-electron chi connectivity index (χ1n) is 9.35. The molecule has 1 saturated heterocycles. The average molecular weight is 381 g/mol. The van der Waals surface area contributed by atoms with E-state index in [0.29, 0.717) is 5.92 Å². The lowest BCUT2D eigenvalue weighted by molar-refractivity contribution is 0.0830. The van der Waals surface area contributed by atoms with Crippen LogP contribution in [0.1, 0.15) is 39.6 Å². The lowest BCUT2D eigenvalue weighted by Gasteiger charge is -2.32. The summed E-state index contributed by atoms with van der Waals surface area (Å²) in [6.07, 6.45) is 5.52. The monoisotopic (exact) mass is 380 g/mol. The zero-order valence-corrected chi connectivity index (χ0v) is 16.6. The van der Waals surface area contributed by atoms with Gasteiger partial charge in [-0.25, -0.2) is 4.98 Å². The third kappa shape index (κ3) is 3.73. The second kappa shape index (κ2) is 7.74. The minimum Gasteiger partial charge on any atom is -0.344 e. The fourth-order valence-corrected chi connectivity index (χ4v) is 5.02. The topological polar surface area (TPSA) is 49.3 Å². The number of carbonyl (C=O) groups is 1. The number of carbonyl (C=O) groups excluding carboxylic acids is 1. The third-order valence-electron chi connectivity index (χ3n) is 5.21. The minimum atomic E-state index is 0.0570. The third-order valence-corrected chi connectivity index (χ3v) is 6.30. The van der Waals surface area contributed by atoms with Gasteiger partial charge in [0.1, 0.15) is 10.3 Å². The Labute approximate surface area is 163 Å². The van der Waals surface area contributed by atoms with Crippen LogP contribution in [-0.4, -0.2) is 52.9 Å². The summed E-state index contributed by atoms with van der Waals surface area (Å²) < 4.78 is 0. The van der Waals surface area contributed by atoms with Crippen LogP contribution in [0, 0.1) is 0 Å². The van der Waals surface area contributed by atoms with E-state index in [4.69, 9.17) is 0 Å². The number of fused-ring (bicyclic) bond motifs is 1. The van der Waals surface area contributed by atoms with Crippen LogP contribution >= 0.6 is 11.3 Å². The lowest BCUT2D eigenvalue weighted by atomic mass is 9.88. The van der Waals surface area contributed by atoms with Crippen molar-refractivity contribution in [3.63, 3.8) is 0 Å². The van der Waals surface area contributed by atoms with Gasteiger partial charge >= 0.3 is 0 Å². The van der Waals surface area contributed by atoms with E-state index >= 15 is 0 Å². The van der Waals surface area contributed by atoms with Gasteiger partial charge in [0.2, 0.25) is 0 Å². The molecular weight excluding hydrogens is 356 g/mol. The maximum Gasteiger partial charge on any atom is 0.263 e. The number of thiophene rings is 1. The Morgan fingerprint density at radius 1 is 1.15 bits per heavy atom. The quantitative estimate of drug-likeness (QED) is 0.691. The zero-order valence-electron chi connectivity index (χ0n) is 15.8. The Hall–Kier alpha value is -2.31. The van der Waals surface area contributed by atoms with Crippen molar-refractivity contribution in [3.05, 3.63) is 58.7 Å². The van der Waals surface area contributed by atoms with Crippen LogP contribution in [0.3, 0.4) is 0 Å². The SMILES string of the molecule is CN(C)C(=O)c1sc2nccnc2c1C1CCN(Cc2ccccc2)CC1. The molecule has 0 aliphatic carbocycles. The molecule has 0 spiro atoms. The Morgan fingerprint density at radius 2 is 1.85 bits per heavy atom. The summed E-state index contributed by atoms with van der Waals surface area (Å²) in [7, 11) is 3.61. The molecule has 1 fully saturated rings. The molecule has 1 aromatic carbocycles.